The summed E-state index contributed by atoms with van der Waals surface area (Å²) in [5.74, 6) is -0.371. The second-order valence-electron chi connectivity index (χ2n) is 9.52. The molecule has 35 heavy (non-hydrogen) atoms. The van der Waals surface area contributed by atoms with Crippen LogP contribution in [0.4, 0.5) is 4.39 Å². The van der Waals surface area contributed by atoms with Gasteiger partial charge >= 0.3 is 0 Å². The van der Waals surface area contributed by atoms with E-state index in [1.807, 2.05) is 36.4 Å². The molecule has 2 aromatic rings. The Morgan fingerprint density at radius 2 is 1.89 bits per heavy atom. The van der Waals surface area contributed by atoms with E-state index in [1.54, 1.807) is 19.2 Å². The number of ether oxygens (including phenoxy) is 3. The van der Waals surface area contributed by atoms with Gasteiger partial charge in [0.05, 0.1) is 6.61 Å². The van der Waals surface area contributed by atoms with Crippen LogP contribution in [0.25, 0.3) is 0 Å². The highest BCUT2D eigenvalue weighted by molar-refractivity contribution is 7.89. The Labute approximate surface area is 208 Å². The van der Waals surface area contributed by atoms with E-state index in [0.29, 0.717) is 51.6 Å². The summed E-state index contributed by atoms with van der Waals surface area (Å²) in [5, 5.41) is -0.583. The highest BCUT2D eigenvalue weighted by Crippen LogP contribution is 2.38. The number of hydrogen-bond donors (Lipinski definition) is 0. The fourth-order valence-electron chi connectivity index (χ4n) is 5.13. The smallest absolute Gasteiger partial charge is 0.221 e. The Balaban J connectivity index is 1.50. The zero-order valence-electron chi connectivity index (χ0n) is 20.5. The molecule has 0 aliphatic carbocycles. The molecule has 6 nitrogen and oxygen atoms in total. The van der Waals surface area contributed by atoms with Crippen molar-refractivity contribution in [3.05, 3.63) is 71.0 Å². The largest absolute Gasteiger partial charge is 0.385 e. The van der Waals surface area contributed by atoms with E-state index in [-0.39, 0.29) is 17.8 Å². The van der Waals surface area contributed by atoms with Crippen molar-refractivity contribution >= 4 is 10.0 Å². The van der Waals surface area contributed by atoms with Crippen LogP contribution in [0.15, 0.2) is 48.5 Å². The monoisotopic (exact) mass is 505 g/mol. The number of rotatable bonds is 10. The van der Waals surface area contributed by atoms with Gasteiger partial charge in [0.1, 0.15) is 11.1 Å². The lowest BCUT2D eigenvalue weighted by molar-refractivity contribution is -0.00317. The van der Waals surface area contributed by atoms with Crippen LogP contribution in [0.2, 0.25) is 0 Å². The summed E-state index contributed by atoms with van der Waals surface area (Å²) in [7, 11) is -1.91. The van der Waals surface area contributed by atoms with E-state index in [2.05, 4.69) is 0 Å². The number of benzene rings is 2. The number of nitrogens with zero attached hydrogens (tertiary/aromatic N) is 1. The lowest BCUT2D eigenvalue weighted by atomic mass is 9.74. The number of hydrogen-bond acceptors (Lipinski definition) is 5. The minimum atomic E-state index is -3.57. The number of halogens is 1. The maximum Gasteiger partial charge on any atom is 0.221 e. The van der Waals surface area contributed by atoms with Gasteiger partial charge in [-0.05, 0) is 49.3 Å². The SMILES string of the molecule is COCCCOCC1(c2ccc(CN3CCC[C@H](c4ccccc4)S3(=O)=O)c(F)c2)CCOCC1. The molecule has 2 aliphatic rings. The fourth-order valence-corrected chi connectivity index (χ4v) is 7.16. The van der Waals surface area contributed by atoms with Crippen LogP contribution >= 0.6 is 0 Å². The van der Waals surface area contributed by atoms with E-state index in [0.717, 1.165) is 36.8 Å². The summed E-state index contributed by atoms with van der Waals surface area (Å²) in [5.41, 5.74) is 1.77. The Morgan fingerprint density at radius 1 is 1.11 bits per heavy atom. The van der Waals surface area contributed by atoms with Gasteiger partial charge in [-0.3, -0.25) is 0 Å². The van der Waals surface area contributed by atoms with Crippen molar-refractivity contribution in [1.82, 2.24) is 4.31 Å². The van der Waals surface area contributed by atoms with Gasteiger partial charge in [0.15, 0.2) is 0 Å². The average Bonchev–Trinajstić information content (AvgIpc) is 2.87. The maximum absolute atomic E-state index is 15.4. The summed E-state index contributed by atoms with van der Waals surface area (Å²) >= 11 is 0. The van der Waals surface area contributed by atoms with Gasteiger partial charge < -0.3 is 14.2 Å². The second kappa shape index (κ2) is 11.9. The molecule has 0 spiro atoms. The molecule has 0 radical (unpaired) electrons. The zero-order valence-corrected chi connectivity index (χ0v) is 21.3. The van der Waals surface area contributed by atoms with Gasteiger partial charge in [-0.15, -0.1) is 0 Å². The molecule has 192 valence electrons. The van der Waals surface area contributed by atoms with Crippen LogP contribution in [0.1, 0.15) is 54.0 Å². The maximum atomic E-state index is 15.4. The summed E-state index contributed by atoms with van der Waals surface area (Å²) in [6.07, 6.45) is 3.66. The molecule has 0 saturated carbocycles. The first-order valence-electron chi connectivity index (χ1n) is 12.4. The lowest BCUT2D eigenvalue weighted by Gasteiger charge is -2.38. The van der Waals surface area contributed by atoms with Crippen molar-refractivity contribution in [1.29, 1.82) is 0 Å². The normalized spacial score (nSPS) is 22.2. The molecule has 0 aromatic heterocycles. The third kappa shape index (κ3) is 6.12. The third-order valence-corrected chi connectivity index (χ3v) is 9.50. The number of sulfonamides is 1. The molecular formula is C27H36FNO5S. The van der Waals surface area contributed by atoms with Gasteiger partial charge in [0.2, 0.25) is 10.0 Å². The molecule has 4 rings (SSSR count). The molecule has 1 atom stereocenters. The van der Waals surface area contributed by atoms with Crippen molar-refractivity contribution in [2.45, 2.75) is 49.3 Å². The van der Waals surface area contributed by atoms with Crippen LogP contribution < -0.4 is 0 Å². The molecular weight excluding hydrogens is 469 g/mol. The predicted molar refractivity (Wildman–Crippen MR) is 133 cm³/mol. The Kier molecular flexibility index (Phi) is 8.94. The first-order chi connectivity index (χ1) is 17.0. The predicted octanol–water partition coefficient (Wildman–Crippen LogP) is 4.59. The van der Waals surface area contributed by atoms with Crippen LogP contribution in [0, 0.1) is 5.82 Å². The van der Waals surface area contributed by atoms with E-state index >= 15 is 4.39 Å². The summed E-state index contributed by atoms with van der Waals surface area (Å²) in [6.45, 7) is 3.40. The van der Waals surface area contributed by atoms with Crippen LogP contribution in [-0.4, -0.2) is 59.4 Å². The second-order valence-corrected chi connectivity index (χ2v) is 11.6. The average molecular weight is 506 g/mol. The molecule has 2 saturated heterocycles. The molecule has 2 fully saturated rings. The zero-order chi connectivity index (χ0) is 24.7. The van der Waals surface area contributed by atoms with E-state index < -0.39 is 15.3 Å². The topological polar surface area (TPSA) is 65.1 Å². The highest BCUT2D eigenvalue weighted by atomic mass is 32.2. The van der Waals surface area contributed by atoms with Gasteiger partial charge in [0.25, 0.3) is 0 Å². The van der Waals surface area contributed by atoms with E-state index in [4.69, 9.17) is 14.2 Å². The first kappa shape index (κ1) is 26.2. The summed E-state index contributed by atoms with van der Waals surface area (Å²) in [6, 6.07) is 14.6. The molecule has 8 heteroatoms. The fraction of sp³-hybridized carbons (Fsp3) is 0.556. The molecule has 0 N–H and O–H groups in total. The minimum absolute atomic E-state index is 0.0431. The van der Waals surface area contributed by atoms with Gasteiger partial charge in [0, 0.05) is 57.6 Å². The highest BCUT2D eigenvalue weighted by Gasteiger charge is 2.38. The molecule has 0 unspecified atom stereocenters. The quantitative estimate of drug-likeness (QED) is 0.442. The third-order valence-electron chi connectivity index (χ3n) is 7.24. The molecule has 2 aliphatic heterocycles. The Morgan fingerprint density at radius 3 is 2.60 bits per heavy atom. The van der Waals surface area contributed by atoms with Crippen LogP contribution in [0.3, 0.4) is 0 Å². The van der Waals surface area contributed by atoms with E-state index in [1.165, 1.54) is 4.31 Å². The molecule has 0 amide bonds. The Hall–Kier alpha value is -1.84. The number of methoxy groups -OCH3 is 1. The first-order valence-corrected chi connectivity index (χ1v) is 13.9. The Bertz CT molecular complexity index is 1060. The summed E-state index contributed by atoms with van der Waals surface area (Å²) < 4.78 is 60.1. The molecule has 2 aromatic carbocycles. The van der Waals surface area contributed by atoms with Gasteiger partial charge in [-0.2, -0.15) is 4.31 Å². The van der Waals surface area contributed by atoms with Crippen LogP contribution in [0.5, 0.6) is 0 Å². The lowest BCUT2D eigenvalue weighted by Crippen LogP contribution is -2.40. The van der Waals surface area contributed by atoms with Crippen LogP contribution in [-0.2, 0) is 36.2 Å². The van der Waals surface area contributed by atoms with Crippen molar-refractivity contribution in [2.24, 2.45) is 0 Å². The van der Waals surface area contributed by atoms with Crippen molar-refractivity contribution < 1.29 is 27.0 Å². The minimum Gasteiger partial charge on any atom is -0.385 e. The van der Waals surface area contributed by atoms with E-state index in [9.17, 15) is 8.42 Å². The van der Waals surface area contributed by atoms with Gasteiger partial charge in [-0.1, -0.05) is 42.5 Å². The summed E-state index contributed by atoms with van der Waals surface area (Å²) in [4.78, 5) is 0. The van der Waals surface area contributed by atoms with Crippen molar-refractivity contribution in [3.63, 3.8) is 0 Å². The van der Waals surface area contributed by atoms with Crippen molar-refractivity contribution in [2.75, 3.05) is 46.7 Å². The van der Waals surface area contributed by atoms with Gasteiger partial charge in [-0.25, -0.2) is 12.8 Å². The standard InChI is InChI=1S/C27H36FNO5S/c1-32-15-6-16-34-21-27(12-17-33-18-13-27)24-11-10-23(25(28)19-24)20-29-14-5-9-26(35(29,30)31)22-7-3-2-4-8-22/h2-4,7-8,10-11,19,26H,5-6,9,12-18,20-21H2,1H3/t26-/m1/s1. The molecule has 0 bridgehead atoms. The molecule has 2 heterocycles. The van der Waals surface area contributed by atoms with Crippen molar-refractivity contribution in [3.8, 4) is 0 Å².